The topological polar surface area (TPSA) is 107 Å². The molecule has 1 saturated carbocycles. The van der Waals surface area contributed by atoms with Crippen LogP contribution in [0.1, 0.15) is 36.5 Å². The number of hydrogen-bond donors (Lipinski definition) is 0. The molecule has 1 aliphatic carbocycles. The van der Waals surface area contributed by atoms with E-state index in [1.807, 2.05) is 0 Å². The molecule has 2 amide bonds. The fourth-order valence-electron chi connectivity index (χ4n) is 4.22. The number of hydrogen-bond acceptors (Lipinski definition) is 6. The molecular formula is C22H20N2O6. The Morgan fingerprint density at radius 2 is 1.77 bits per heavy atom. The zero-order valence-electron chi connectivity index (χ0n) is 16.3. The molecule has 30 heavy (non-hydrogen) atoms. The number of nitro benzene ring substituents is 1. The van der Waals surface area contributed by atoms with Crippen LogP contribution < -0.4 is 9.64 Å². The number of ether oxygens (including phenoxy) is 1. The molecule has 2 aromatic carbocycles. The highest BCUT2D eigenvalue weighted by Crippen LogP contribution is 2.42. The predicted molar refractivity (Wildman–Crippen MR) is 107 cm³/mol. The van der Waals surface area contributed by atoms with E-state index in [1.54, 1.807) is 12.1 Å². The van der Waals surface area contributed by atoms with Crippen LogP contribution in [-0.4, -0.2) is 22.7 Å². The minimum atomic E-state index is -0.736. The third-order valence-corrected chi connectivity index (χ3v) is 5.79. The third kappa shape index (κ3) is 3.56. The van der Waals surface area contributed by atoms with Gasteiger partial charge in [0, 0.05) is 12.1 Å². The zero-order valence-corrected chi connectivity index (χ0v) is 16.3. The lowest BCUT2D eigenvalue weighted by molar-refractivity contribution is -0.384. The summed E-state index contributed by atoms with van der Waals surface area (Å²) in [6.07, 6.45) is 2.40. The summed E-state index contributed by atoms with van der Waals surface area (Å²) in [7, 11) is 0. The molecule has 2 aliphatic rings. The zero-order chi connectivity index (χ0) is 21.4. The van der Waals surface area contributed by atoms with E-state index < -0.39 is 10.9 Å². The molecule has 0 aromatic heterocycles. The molecule has 0 unspecified atom stereocenters. The summed E-state index contributed by atoms with van der Waals surface area (Å²) in [6, 6.07) is 11.4. The number of non-ortho nitro benzene ring substituents is 1. The lowest BCUT2D eigenvalue weighted by atomic mass is 9.76. The number of benzene rings is 2. The number of carbonyl (C=O) groups excluding carboxylic acids is 3. The molecule has 154 valence electrons. The molecule has 2 aromatic rings. The Labute approximate surface area is 172 Å². The van der Waals surface area contributed by atoms with Crippen LogP contribution in [0.5, 0.6) is 5.75 Å². The van der Waals surface area contributed by atoms with E-state index in [0.29, 0.717) is 11.6 Å². The van der Waals surface area contributed by atoms with Crippen LogP contribution in [0.15, 0.2) is 48.5 Å². The number of esters is 1. The van der Waals surface area contributed by atoms with Gasteiger partial charge < -0.3 is 4.74 Å². The number of imide groups is 1. The number of anilines is 1. The maximum Gasteiger partial charge on any atom is 0.343 e. The first kappa shape index (κ1) is 19.8. The van der Waals surface area contributed by atoms with Crippen molar-refractivity contribution >= 4 is 29.2 Å². The minimum Gasteiger partial charge on any atom is -0.423 e. The smallest absolute Gasteiger partial charge is 0.343 e. The van der Waals surface area contributed by atoms with Crippen LogP contribution in [0.3, 0.4) is 0 Å². The fraction of sp³-hybridized carbons (Fsp3) is 0.318. The third-order valence-electron chi connectivity index (χ3n) is 5.79. The van der Waals surface area contributed by atoms with E-state index in [0.717, 1.165) is 25.3 Å². The van der Waals surface area contributed by atoms with Crippen molar-refractivity contribution < 1.29 is 24.0 Å². The van der Waals surface area contributed by atoms with Gasteiger partial charge in [0.05, 0.1) is 28.0 Å². The van der Waals surface area contributed by atoms with Gasteiger partial charge in [0.25, 0.3) is 5.69 Å². The van der Waals surface area contributed by atoms with Crippen molar-refractivity contribution in [2.75, 3.05) is 4.90 Å². The first-order valence-corrected chi connectivity index (χ1v) is 9.79. The van der Waals surface area contributed by atoms with Crippen LogP contribution in [0, 0.1) is 27.9 Å². The van der Waals surface area contributed by atoms with Crippen molar-refractivity contribution in [2.45, 2.75) is 26.2 Å². The number of nitrogens with zero attached hydrogens (tertiary/aromatic N) is 2. The van der Waals surface area contributed by atoms with Crippen molar-refractivity contribution in [3.63, 3.8) is 0 Å². The molecular weight excluding hydrogens is 388 g/mol. The molecule has 2 fully saturated rings. The number of nitro groups is 1. The SMILES string of the molecule is C[C@H]1CC[C@@H]2C(=O)N(c3ccc(OC(=O)c4cccc([N+](=O)[O-])c4)cc3)C(=O)[C@@H]2C1. The van der Waals surface area contributed by atoms with Gasteiger partial charge in [-0.05, 0) is 55.5 Å². The highest BCUT2D eigenvalue weighted by molar-refractivity contribution is 6.22. The largest absolute Gasteiger partial charge is 0.423 e. The van der Waals surface area contributed by atoms with E-state index in [2.05, 4.69) is 6.92 Å². The van der Waals surface area contributed by atoms with Crippen molar-refractivity contribution in [2.24, 2.45) is 17.8 Å². The van der Waals surface area contributed by atoms with E-state index in [1.165, 1.54) is 35.2 Å². The molecule has 0 spiro atoms. The normalized spacial score (nSPS) is 23.2. The maximum atomic E-state index is 12.8. The van der Waals surface area contributed by atoms with Crippen molar-refractivity contribution in [3.05, 3.63) is 64.2 Å². The Morgan fingerprint density at radius 1 is 1.07 bits per heavy atom. The molecule has 1 aliphatic heterocycles. The second-order valence-electron chi connectivity index (χ2n) is 7.83. The van der Waals surface area contributed by atoms with Gasteiger partial charge in [0.1, 0.15) is 5.75 Å². The summed E-state index contributed by atoms with van der Waals surface area (Å²) >= 11 is 0. The van der Waals surface area contributed by atoms with Crippen molar-refractivity contribution in [3.8, 4) is 5.75 Å². The van der Waals surface area contributed by atoms with Gasteiger partial charge in [0.15, 0.2) is 0 Å². The summed E-state index contributed by atoms with van der Waals surface area (Å²) < 4.78 is 5.27. The Morgan fingerprint density at radius 3 is 2.47 bits per heavy atom. The molecule has 8 heteroatoms. The molecule has 0 bridgehead atoms. The highest BCUT2D eigenvalue weighted by atomic mass is 16.6. The number of carbonyl (C=O) groups is 3. The average molecular weight is 408 g/mol. The quantitative estimate of drug-likeness (QED) is 0.251. The van der Waals surface area contributed by atoms with E-state index >= 15 is 0 Å². The second-order valence-corrected chi connectivity index (χ2v) is 7.83. The first-order chi connectivity index (χ1) is 14.3. The van der Waals surface area contributed by atoms with Crippen LogP contribution in [-0.2, 0) is 9.59 Å². The maximum absolute atomic E-state index is 12.8. The molecule has 1 saturated heterocycles. The van der Waals surface area contributed by atoms with E-state index in [9.17, 15) is 24.5 Å². The number of fused-ring (bicyclic) bond motifs is 1. The molecule has 1 heterocycles. The Kier molecular flexibility index (Phi) is 5.07. The number of amides is 2. The number of rotatable bonds is 4. The predicted octanol–water partition coefficient (Wildman–Crippen LogP) is 3.74. The molecule has 3 atom stereocenters. The summed E-state index contributed by atoms with van der Waals surface area (Å²) in [6.45, 7) is 2.10. The fourth-order valence-corrected chi connectivity index (χ4v) is 4.22. The first-order valence-electron chi connectivity index (χ1n) is 9.79. The molecule has 4 rings (SSSR count). The summed E-state index contributed by atoms with van der Waals surface area (Å²) in [5, 5.41) is 10.9. The monoisotopic (exact) mass is 408 g/mol. The van der Waals surface area contributed by atoms with Gasteiger partial charge in [-0.2, -0.15) is 0 Å². The Balaban J connectivity index is 1.49. The van der Waals surface area contributed by atoms with Gasteiger partial charge in [-0.3, -0.25) is 24.6 Å². The minimum absolute atomic E-state index is 0.0522. The Hall–Kier alpha value is -3.55. The van der Waals surface area contributed by atoms with Crippen LogP contribution in [0.4, 0.5) is 11.4 Å². The van der Waals surface area contributed by atoms with Crippen molar-refractivity contribution in [1.82, 2.24) is 0 Å². The summed E-state index contributed by atoms with van der Waals surface area (Å²) in [5.74, 6) is -0.942. The van der Waals surface area contributed by atoms with Gasteiger partial charge >= 0.3 is 5.97 Å². The van der Waals surface area contributed by atoms with E-state index in [-0.39, 0.29) is 40.7 Å². The lowest BCUT2D eigenvalue weighted by Gasteiger charge is -2.25. The summed E-state index contributed by atoms with van der Waals surface area (Å²) in [4.78, 5) is 49.3. The molecule has 0 radical (unpaired) electrons. The molecule has 8 nitrogen and oxygen atoms in total. The van der Waals surface area contributed by atoms with Gasteiger partial charge in [-0.1, -0.05) is 13.0 Å². The molecule has 0 N–H and O–H groups in total. The standard InChI is InChI=1S/C22H20N2O6/c1-13-5-10-18-19(11-13)21(26)23(20(18)25)15-6-8-17(9-7-15)30-22(27)14-3-2-4-16(12-14)24(28)29/h2-4,6-9,12-13,18-19H,5,10-11H2,1H3/t13-,18-,19+/m0/s1. The van der Waals surface area contributed by atoms with E-state index in [4.69, 9.17) is 4.74 Å². The second kappa shape index (κ2) is 7.70. The lowest BCUT2D eigenvalue weighted by Crippen LogP contribution is -2.30. The van der Waals surface area contributed by atoms with Crippen LogP contribution >= 0.6 is 0 Å². The highest BCUT2D eigenvalue weighted by Gasteiger charge is 2.49. The summed E-state index contributed by atoms with van der Waals surface area (Å²) in [5.41, 5.74) is 0.292. The van der Waals surface area contributed by atoms with Crippen LogP contribution in [0.2, 0.25) is 0 Å². The van der Waals surface area contributed by atoms with Crippen LogP contribution in [0.25, 0.3) is 0 Å². The van der Waals surface area contributed by atoms with Crippen molar-refractivity contribution in [1.29, 1.82) is 0 Å². The van der Waals surface area contributed by atoms with Gasteiger partial charge in [-0.25, -0.2) is 4.79 Å². The Bertz CT molecular complexity index is 1030. The van der Waals surface area contributed by atoms with Gasteiger partial charge in [0.2, 0.25) is 11.8 Å². The average Bonchev–Trinajstić information content (AvgIpc) is 2.98. The van der Waals surface area contributed by atoms with Gasteiger partial charge in [-0.15, -0.1) is 0 Å².